The zero-order valence-electron chi connectivity index (χ0n) is 8.55. The van der Waals surface area contributed by atoms with Crippen LogP contribution in [0.3, 0.4) is 0 Å². The number of carbonyl (C=O) groups excluding carboxylic acids is 1. The number of hydrogen-bond donors (Lipinski definition) is 0. The highest BCUT2D eigenvalue weighted by Crippen LogP contribution is 2.35. The van der Waals surface area contributed by atoms with E-state index in [1.165, 1.54) is 0 Å². The molecule has 0 aliphatic carbocycles. The Morgan fingerprint density at radius 3 is 2.15 bits per heavy atom. The second kappa shape index (κ2) is 3.36. The van der Waals surface area contributed by atoms with Gasteiger partial charge in [-0.25, -0.2) is 0 Å². The summed E-state index contributed by atoms with van der Waals surface area (Å²) in [6, 6.07) is 0. The molecule has 0 aromatic heterocycles. The van der Waals surface area contributed by atoms with Crippen molar-refractivity contribution in [2.24, 2.45) is 0 Å². The van der Waals surface area contributed by atoms with Crippen molar-refractivity contribution in [2.45, 2.75) is 52.1 Å². The minimum Gasteiger partial charge on any atom is -0.306 e. The van der Waals surface area contributed by atoms with E-state index in [0.29, 0.717) is 12.8 Å². The summed E-state index contributed by atoms with van der Waals surface area (Å²) in [7, 11) is 0. The molecule has 1 rings (SSSR count). The third-order valence-electron chi connectivity index (χ3n) is 2.00. The van der Waals surface area contributed by atoms with Crippen LogP contribution in [0.1, 0.15) is 40.5 Å². The van der Waals surface area contributed by atoms with Crippen molar-refractivity contribution in [1.29, 1.82) is 0 Å². The molecule has 1 fully saturated rings. The van der Waals surface area contributed by atoms with Crippen molar-refractivity contribution in [1.82, 2.24) is 0 Å². The molecule has 76 valence electrons. The predicted molar refractivity (Wildman–Crippen MR) is 45.7 cm³/mol. The van der Waals surface area contributed by atoms with E-state index in [-0.39, 0.29) is 5.78 Å². The fourth-order valence-corrected chi connectivity index (χ4v) is 1.30. The summed E-state index contributed by atoms with van der Waals surface area (Å²) in [5.41, 5.74) is 0. The Morgan fingerprint density at radius 1 is 1.23 bits per heavy atom. The first kappa shape index (κ1) is 10.6. The minimum absolute atomic E-state index is 0.0828. The molecule has 0 saturated carbocycles. The van der Waals surface area contributed by atoms with Crippen LogP contribution < -0.4 is 0 Å². The summed E-state index contributed by atoms with van der Waals surface area (Å²) in [5, 5.41) is 0. The lowest BCUT2D eigenvalue weighted by atomic mass is 10.1. The van der Waals surface area contributed by atoms with Gasteiger partial charge in [-0.05, 0) is 13.8 Å². The van der Waals surface area contributed by atoms with Gasteiger partial charge in [0.15, 0.2) is 11.6 Å². The molecule has 4 heteroatoms. The first-order valence-electron chi connectivity index (χ1n) is 4.56. The van der Waals surface area contributed by atoms with Crippen molar-refractivity contribution < 1.29 is 19.3 Å². The molecule has 0 N–H and O–H groups in total. The van der Waals surface area contributed by atoms with Gasteiger partial charge in [0.1, 0.15) is 0 Å². The monoisotopic (exact) mass is 188 g/mol. The summed E-state index contributed by atoms with van der Waals surface area (Å²) in [5.74, 6) is -2.10. The van der Waals surface area contributed by atoms with E-state index in [0.717, 1.165) is 0 Å². The average Bonchev–Trinajstić information content (AvgIpc) is 2.41. The molecular weight excluding hydrogens is 172 g/mol. The summed E-state index contributed by atoms with van der Waals surface area (Å²) >= 11 is 0. The van der Waals surface area contributed by atoms with Crippen LogP contribution in [-0.4, -0.2) is 17.4 Å². The topological polar surface area (TPSA) is 44.8 Å². The summed E-state index contributed by atoms with van der Waals surface area (Å²) in [4.78, 5) is 21.4. The zero-order chi connectivity index (χ0) is 10.1. The summed E-state index contributed by atoms with van der Waals surface area (Å²) < 4.78 is 5.44. The van der Waals surface area contributed by atoms with Gasteiger partial charge < -0.3 is 4.74 Å². The van der Waals surface area contributed by atoms with E-state index in [4.69, 9.17) is 14.5 Å². The minimum atomic E-state index is -1.18. The lowest BCUT2D eigenvalue weighted by molar-refractivity contribution is -0.336. The Bertz CT molecular complexity index is 212. The zero-order valence-corrected chi connectivity index (χ0v) is 8.55. The second-order valence-electron chi connectivity index (χ2n) is 3.55. The maximum absolute atomic E-state index is 11.5. The Morgan fingerprint density at radius 2 is 1.85 bits per heavy atom. The third-order valence-corrected chi connectivity index (χ3v) is 2.00. The Balaban J connectivity index is 2.80. The number of hydrogen-bond acceptors (Lipinski definition) is 4. The van der Waals surface area contributed by atoms with Crippen LogP contribution in [0.5, 0.6) is 0 Å². The van der Waals surface area contributed by atoms with Crippen LogP contribution in [0.4, 0.5) is 0 Å². The van der Waals surface area contributed by atoms with Crippen molar-refractivity contribution in [3.05, 3.63) is 0 Å². The maximum Gasteiger partial charge on any atom is 0.263 e. The van der Waals surface area contributed by atoms with Gasteiger partial charge in [0.2, 0.25) is 0 Å². The van der Waals surface area contributed by atoms with Crippen LogP contribution in [-0.2, 0) is 19.3 Å². The van der Waals surface area contributed by atoms with Crippen molar-refractivity contribution in [2.75, 3.05) is 0 Å². The second-order valence-corrected chi connectivity index (χ2v) is 3.55. The fraction of sp³-hybridized carbons (Fsp3) is 0.889. The molecule has 1 atom stereocenters. The molecule has 0 radical (unpaired) electrons. The Kier molecular flexibility index (Phi) is 2.75. The van der Waals surface area contributed by atoms with Crippen LogP contribution >= 0.6 is 0 Å². The number of ketones is 1. The highest BCUT2D eigenvalue weighted by molar-refractivity contribution is 5.85. The van der Waals surface area contributed by atoms with Gasteiger partial charge in [-0.2, -0.15) is 9.78 Å². The lowest BCUT2D eigenvalue weighted by Gasteiger charge is -2.22. The van der Waals surface area contributed by atoms with Gasteiger partial charge >= 0.3 is 0 Å². The van der Waals surface area contributed by atoms with E-state index < -0.39 is 11.6 Å². The molecule has 1 aliphatic heterocycles. The van der Waals surface area contributed by atoms with E-state index in [9.17, 15) is 4.79 Å². The molecule has 0 bridgehead atoms. The number of Topliss-reactive ketones (excluding diaryl/α,β-unsaturated/α-hetero) is 1. The number of ether oxygens (including phenoxy) is 1. The summed E-state index contributed by atoms with van der Waals surface area (Å²) in [6.07, 6.45) is 0.844. The fourth-order valence-electron chi connectivity index (χ4n) is 1.30. The van der Waals surface area contributed by atoms with Crippen LogP contribution in [0.15, 0.2) is 0 Å². The lowest BCUT2D eigenvalue weighted by Crippen LogP contribution is -2.40. The molecule has 1 saturated heterocycles. The standard InChI is InChI=1S/C9H16O4/c1-5-7(10)9(6-2)11-8(3,4)12-13-9/h5-6H2,1-4H3. The van der Waals surface area contributed by atoms with Gasteiger partial charge in [0, 0.05) is 12.8 Å². The van der Waals surface area contributed by atoms with E-state index in [1.54, 1.807) is 20.8 Å². The van der Waals surface area contributed by atoms with E-state index in [2.05, 4.69) is 0 Å². The van der Waals surface area contributed by atoms with Gasteiger partial charge in [0.05, 0.1) is 0 Å². The Hall–Kier alpha value is -0.450. The first-order valence-corrected chi connectivity index (χ1v) is 4.56. The molecule has 1 aliphatic rings. The first-order chi connectivity index (χ1) is 5.96. The van der Waals surface area contributed by atoms with Crippen LogP contribution in [0.25, 0.3) is 0 Å². The molecular formula is C9H16O4. The normalized spacial score (nSPS) is 32.0. The number of carbonyl (C=O) groups is 1. The smallest absolute Gasteiger partial charge is 0.263 e. The van der Waals surface area contributed by atoms with E-state index in [1.807, 2.05) is 6.92 Å². The van der Waals surface area contributed by atoms with Gasteiger partial charge in [-0.1, -0.05) is 13.8 Å². The molecule has 0 aromatic carbocycles. The number of rotatable bonds is 3. The van der Waals surface area contributed by atoms with Crippen LogP contribution in [0.2, 0.25) is 0 Å². The highest BCUT2D eigenvalue weighted by Gasteiger charge is 2.51. The van der Waals surface area contributed by atoms with E-state index >= 15 is 0 Å². The van der Waals surface area contributed by atoms with Gasteiger partial charge in [0.25, 0.3) is 5.79 Å². The quantitative estimate of drug-likeness (QED) is 0.633. The van der Waals surface area contributed by atoms with Gasteiger partial charge in [-0.3, -0.25) is 4.79 Å². The van der Waals surface area contributed by atoms with Crippen molar-refractivity contribution >= 4 is 5.78 Å². The molecule has 0 aromatic rings. The average molecular weight is 188 g/mol. The van der Waals surface area contributed by atoms with Crippen molar-refractivity contribution in [3.8, 4) is 0 Å². The maximum atomic E-state index is 11.5. The predicted octanol–water partition coefficient (Wildman–Crippen LogP) is 1.79. The van der Waals surface area contributed by atoms with Gasteiger partial charge in [-0.15, -0.1) is 0 Å². The highest BCUT2D eigenvalue weighted by atomic mass is 17.3. The molecule has 0 amide bonds. The third kappa shape index (κ3) is 1.90. The molecule has 1 unspecified atom stereocenters. The summed E-state index contributed by atoms with van der Waals surface area (Å²) in [6.45, 7) is 7.04. The molecule has 0 spiro atoms. The Labute approximate surface area is 78.1 Å². The largest absolute Gasteiger partial charge is 0.306 e. The van der Waals surface area contributed by atoms with Crippen molar-refractivity contribution in [3.63, 3.8) is 0 Å². The molecule has 13 heavy (non-hydrogen) atoms. The molecule has 4 nitrogen and oxygen atoms in total. The molecule has 1 heterocycles. The SMILES string of the molecule is CCC(=O)C1(CC)OOC(C)(C)O1. The van der Waals surface area contributed by atoms with Crippen LogP contribution in [0, 0.1) is 0 Å².